The molecule has 4 amide bonds. The van der Waals surface area contributed by atoms with Crippen LogP contribution in [-0.2, 0) is 41.9 Å². The Bertz CT molecular complexity index is 2430. The van der Waals surface area contributed by atoms with Crippen molar-refractivity contribution in [2.75, 3.05) is 29.2 Å². The number of fused-ring (bicyclic) bond motifs is 5. The van der Waals surface area contributed by atoms with Gasteiger partial charge in [-0.3, -0.25) is 9.59 Å². The quantitative estimate of drug-likeness (QED) is 0.154. The summed E-state index contributed by atoms with van der Waals surface area (Å²) in [7, 11) is -2.13. The zero-order valence-electron chi connectivity index (χ0n) is 35.9. The van der Waals surface area contributed by atoms with Crippen LogP contribution in [0.2, 0.25) is 0 Å². The summed E-state index contributed by atoms with van der Waals surface area (Å²) in [6.07, 6.45) is 1.88. The Labute approximate surface area is 356 Å². The van der Waals surface area contributed by atoms with Crippen molar-refractivity contribution in [1.82, 2.24) is 9.88 Å². The van der Waals surface area contributed by atoms with Crippen LogP contribution in [0.25, 0.3) is 10.8 Å². The van der Waals surface area contributed by atoms with Crippen LogP contribution in [0.3, 0.4) is 0 Å². The minimum atomic E-state index is -3.69. The maximum absolute atomic E-state index is 15.8. The number of pyridine rings is 1. The summed E-state index contributed by atoms with van der Waals surface area (Å²) < 4.78 is 60.2. The molecular formula is C45H54FN5O9S. The van der Waals surface area contributed by atoms with Crippen molar-refractivity contribution in [2.45, 2.75) is 121 Å². The van der Waals surface area contributed by atoms with E-state index >= 15 is 4.39 Å². The van der Waals surface area contributed by atoms with Crippen molar-refractivity contribution >= 4 is 61.8 Å². The molecule has 1 saturated carbocycles. The Hall–Kier alpha value is -5.77. The topological polar surface area (TPSA) is 174 Å². The highest BCUT2D eigenvalue weighted by atomic mass is 32.2. The normalized spacial score (nSPS) is 16.3. The molecule has 1 fully saturated rings. The molecule has 0 radical (unpaired) electrons. The molecule has 14 nitrogen and oxygen atoms in total. The Balaban J connectivity index is 1.44. The lowest BCUT2D eigenvalue weighted by atomic mass is 9.98. The van der Waals surface area contributed by atoms with Crippen molar-refractivity contribution in [2.24, 2.45) is 0 Å². The maximum Gasteiger partial charge on any atom is 0.425 e. The molecule has 4 bridgehead atoms. The van der Waals surface area contributed by atoms with Gasteiger partial charge in [-0.25, -0.2) is 27.4 Å². The number of halogens is 1. The molecule has 61 heavy (non-hydrogen) atoms. The Morgan fingerprint density at radius 1 is 0.918 bits per heavy atom. The van der Waals surface area contributed by atoms with E-state index < -0.39 is 56.2 Å². The summed E-state index contributed by atoms with van der Waals surface area (Å²) in [4.78, 5) is 61.4. The minimum Gasteiger partial charge on any atom is -0.493 e. The summed E-state index contributed by atoms with van der Waals surface area (Å²) in [6.45, 7) is 12.2. The fourth-order valence-corrected chi connectivity index (χ4v) is 8.72. The van der Waals surface area contributed by atoms with Crippen molar-refractivity contribution in [3.63, 3.8) is 0 Å². The van der Waals surface area contributed by atoms with Crippen LogP contribution in [-0.4, -0.2) is 72.4 Å². The number of aromatic nitrogens is 1. The number of carbonyl (C=O) groups excluding carboxylic acids is 4. The third-order valence-corrected chi connectivity index (χ3v) is 12.3. The number of sulfone groups is 1. The molecule has 2 heterocycles. The van der Waals surface area contributed by atoms with Crippen molar-refractivity contribution in [3.8, 4) is 5.75 Å². The number of anilines is 3. The lowest BCUT2D eigenvalue weighted by Gasteiger charge is -2.29. The van der Waals surface area contributed by atoms with Gasteiger partial charge in [0.2, 0.25) is 11.8 Å². The molecule has 0 spiro atoms. The summed E-state index contributed by atoms with van der Waals surface area (Å²) >= 11 is 0. The van der Waals surface area contributed by atoms with Gasteiger partial charge in [0.1, 0.15) is 28.8 Å². The number of likely N-dealkylation sites (N-methyl/N-ethyl adjacent to an activating group) is 1. The Kier molecular flexibility index (Phi) is 13.0. The number of hydrogen-bond acceptors (Lipinski definition) is 11. The number of imide groups is 1. The van der Waals surface area contributed by atoms with Crippen LogP contribution in [0.4, 0.5) is 31.2 Å². The van der Waals surface area contributed by atoms with E-state index in [4.69, 9.17) is 14.2 Å². The van der Waals surface area contributed by atoms with E-state index in [-0.39, 0.29) is 46.8 Å². The molecule has 16 heteroatoms. The number of aryl methyl sites for hydroxylation is 1. The highest BCUT2D eigenvalue weighted by Crippen LogP contribution is 2.38. The highest BCUT2D eigenvalue weighted by molar-refractivity contribution is 7.92. The second-order valence-corrected chi connectivity index (χ2v) is 19.6. The second-order valence-electron chi connectivity index (χ2n) is 17.4. The molecule has 0 saturated heterocycles. The van der Waals surface area contributed by atoms with Gasteiger partial charge in [0.15, 0.2) is 15.7 Å². The predicted octanol–water partition coefficient (Wildman–Crippen LogP) is 8.86. The first-order valence-corrected chi connectivity index (χ1v) is 22.0. The van der Waals surface area contributed by atoms with Gasteiger partial charge in [0, 0.05) is 42.2 Å². The van der Waals surface area contributed by atoms with E-state index in [1.54, 1.807) is 85.0 Å². The molecule has 2 aliphatic rings. The van der Waals surface area contributed by atoms with E-state index in [1.165, 1.54) is 23.1 Å². The Morgan fingerprint density at radius 3 is 2.25 bits per heavy atom. The molecular weight excluding hydrogens is 806 g/mol. The first kappa shape index (κ1) is 44.8. The number of nitrogens with one attached hydrogen (secondary N) is 2. The standard InChI is InChI=1S/C45H54FN5O9S/c1-9-10-21-58-36-18-11-28-22-27(36)12-20-38(52)48-30-14-19-37(61(56,57)32-15-16-32)29(23-30)26-50(8)41(53)39(28)49-31-13-17-33-34(24-31)35(46)25-47-40(33)51(42(54)59-44(2,3)4)43(55)60-45(5,6)7/h11,13-14,17-19,22-25,32,39,49H,9-10,12,15-16,20-21,26H2,1-8H3,(H,48,52). The summed E-state index contributed by atoms with van der Waals surface area (Å²) in [5, 5.41) is 5.70. The zero-order chi connectivity index (χ0) is 44.4. The van der Waals surface area contributed by atoms with Gasteiger partial charge in [-0.05, 0) is 132 Å². The van der Waals surface area contributed by atoms with E-state index in [0.717, 1.165) is 19.0 Å². The van der Waals surface area contributed by atoms with Crippen LogP contribution in [0.15, 0.2) is 65.7 Å². The number of ether oxygens (including phenoxy) is 3. The van der Waals surface area contributed by atoms with Crippen molar-refractivity contribution < 1.29 is 46.2 Å². The van der Waals surface area contributed by atoms with E-state index in [2.05, 4.69) is 15.6 Å². The molecule has 2 N–H and O–H groups in total. The molecule has 1 unspecified atom stereocenters. The van der Waals surface area contributed by atoms with E-state index in [9.17, 15) is 27.6 Å². The van der Waals surface area contributed by atoms with Gasteiger partial charge in [-0.2, -0.15) is 4.90 Å². The fraction of sp³-hybridized carbons (Fsp3) is 0.444. The van der Waals surface area contributed by atoms with E-state index in [1.807, 2.05) is 6.92 Å². The van der Waals surface area contributed by atoms with Gasteiger partial charge in [0.05, 0.1) is 22.9 Å². The Morgan fingerprint density at radius 2 is 1.61 bits per heavy atom. The van der Waals surface area contributed by atoms with Crippen LogP contribution >= 0.6 is 0 Å². The molecule has 6 rings (SSSR count). The summed E-state index contributed by atoms with van der Waals surface area (Å²) in [6, 6.07) is 13.3. The first-order chi connectivity index (χ1) is 28.6. The summed E-state index contributed by atoms with van der Waals surface area (Å²) in [5.41, 5.74) is 0.239. The monoisotopic (exact) mass is 859 g/mol. The highest BCUT2D eigenvalue weighted by Gasteiger charge is 2.39. The van der Waals surface area contributed by atoms with Crippen LogP contribution in [0.5, 0.6) is 5.75 Å². The second kappa shape index (κ2) is 17.7. The zero-order valence-corrected chi connectivity index (χ0v) is 36.7. The average Bonchev–Trinajstić information content (AvgIpc) is 4.03. The van der Waals surface area contributed by atoms with E-state index in [0.29, 0.717) is 58.2 Å². The number of rotatable bonds is 9. The number of nitrogens with zero attached hydrogens (tertiary/aromatic N) is 3. The molecule has 4 aromatic rings. The molecule has 1 aromatic heterocycles. The van der Waals surface area contributed by atoms with Gasteiger partial charge in [0.25, 0.3) is 0 Å². The summed E-state index contributed by atoms with van der Waals surface area (Å²) in [5.74, 6) is -1.16. The largest absolute Gasteiger partial charge is 0.493 e. The number of carbonyl (C=O) groups is 4. The number of unbranched alkanes of at least 4 members (excludes halogenated alkanes) is 1. The smallest absolute Gasteiger partial charge is 0.425 e. The first-order valence-electron chi connectivity index (χ1n) is 20.4. The van der Waals surface area contributed by atoms with Crippen molar-refractivity contribution in [3.05, 3.63) is 83.3 Å². The number of amides is 4. The molecule has 1 atom stereocenters. The fourth-order valence-electron chi connectivity index (χ4n) is 6.86. The lowest BCUT2D eigenvalue weighted by Crippen LogP contribution is -2.44. The third-order valence-electron chi connectivity index (χ3n) is 9.93. The van der Waals surface area contributed by atoms with Crippen LogP contribution in [0, 0.1) is 5.82 Å². The SMILES string of the molecule is CCCCOc1ccc2cc1CCC(=O)Nc1ccc(S(=O)(=O)C3CC3)c(c1)CN(C)C(=O)C2Nc1ccc2c(N(C(=O)OC(C)(C)C)C(=O)OC(C)(C)C)ncc(F)c2c1. The molecule has 326 valence electrons. The predicted molar refractivity (Wildman–Crippen MR) is 230 cm³/mol. The van der Waals surface area contributed by atoms with Crippen molar-refractivity contribution in [1.29, 1.82) is 0 Å². The van der Waals surface area contributed by atoms with Gasteiger partial charge >= 0.3 is 12.2 Å². The van der Waals surface area contributed by atoms with Crippen LogP contribution in [0.1, 0.15) is 103 Å². The lowest BCUT2D eigenvalue weighted by molar-refractivity contribution is -0.131. The molecule has 1 aliphatic heterocycles. The van der Waals surface area contributed by atoms with Gasteiger partial charge in [-0.1, -0.05) is 19.4 Å². The maximum atomic E-state index is 15.8. The minimum absolute atomic E-state index is 0.0353. The molecule has 1 aliphatic carbocycles. The van der Waals surface area contributed by atoms with Gasteiger partial charge in [-0.15, -0.1) is 0 Å². The average molecular weight is 860 g/mol. The molecule has 3 aromatic carbocycles. The van der Waals surface area contributed by atoms with Crippen LogP contribution < -0.4 is 20.3 Å². The van der Waals surface area contributed by atoms with Gasteiger partial charge < -0.3 is 29.7 Å². The third kappa shape index (κ3) is 10.8. The number of hydrogen-bond donors (Lipinski definition) is 2. The number of benzene rings is 3.